The van der Waals surface area contributed by atoms with E-state index in [1.165, 1.54) is 23.6 Å². The quantitative estimate of drug-likeness (QED) is 0.305. The average Bonchev–Trinajstić information content (AvgIpc) is 3.29. The molecule has 7 nitrogen and oxygen atoms in total. The molecule has 2 unspecified atom stereocenters. The van der Waals surface area contributed by atoms with Crippen molar-refractivity contribution in [1.29, 1.82) is 0 Å². The summed E-state index contributed by atoms with van der Waals surface area (Å²) in [6.45, 7) is 3.04. The number of amides is 2. The lowest BCUT2D eigenvalue weighted by Crippen LogP contribution is -2.75. The number of ether oxygens (including phenoxy) is 1. The van der Waals surface area contributed by atoms with Gasteiger partial charge in [-0.2, -0.15) is 0 Å². The fraction of sp³-hybridized carbons (Fsp3) is 0.438. The lowest BCUT2D eigenvalue weighted by molar-refractivity contribution is -0.172. The summed E-state index contributed by atoms with van der Waals surface area (Å²) in [5.74, 6) is 0.205. The van der Waals surface area contributed by atoms with Crippen LogP contribution in [0.15, 0.2) is 24.3 Å². The number of benzene rings is 1. The van der Waals surface area contributed by atoms with Crippen LogP contribution in [0.25, 0.3) is 0 Å². The summed E-state index contributed by atoms with van der Waals surface area (Å²) in [6.07, 6.45) is 0.339. The normalized spacial score (nSPS) is 30.8. The highest BCUT2D eigenvalue weighted by Gasteiger charge is 2.71. The van der Waals surface area contributed by atoms with Crippen molar-refractivity contribution in [3.8, 4) is 11.5 Å². The molecule has 3 aliphatic heterocycles. The molecule has 2 amide bonds. The lowest BCUT2D eigenvalue weighted by atomic mass is 9.90. The zero-order chi connectivity index (χ0) is 18.4. The first-order chi connectivity index (χ1) is 11.7. The third-order valence-electron chi connectivity index (χ3n) is 4.38. The molecule has 0 radical (unpaired) electrons. The van der Waals surface area contributed by atoms with Crippen molar-refractivity contribution in [2.24, 2.45) is 0 Å². The van der Waals surface area contributed by atoms with Crippen molar-refractivity contribution in [2.75, 3.05) is 4.43 Å². The van der Waals surface area contributed by atoms with Gasteiger partial charge in [0.1, 0.15) is 0 Å². The smallest absolute Gasteiger partial charge is 0.352 e. The number of halogens is 1. The minimum absolute atomic E-state index is 0.153. The summed E-state index contributed by atoms with van der Waals surface area (Å²) >= 11 is 3.54. The first-order valence-corrected chi connectivity index (χ1v) is 10.0. The molecule has 2 saturated heterocycles. The van der Waals surface area contributed by atoms with Gasteiger partial charge >= 0.3 is 5.97 Å². The number of carboxylic acid groups (broad SMARTS) is 1. The molecule has 1 aromatic carbocycles. The molecular formula is C16H17IN2O5S. The van der Waals surface area contributed by atoms with E-state index in [9.17, 15) is 19.5 Å². The molecule has 3 aliphatic rings. The van der Waals surface area contributed by atoms with E-state index >= 15 is 0 Å². The Bertz CT molecular complexity index is 739. The Morgan fingerprint density at radius 3 is 2.44 bits per heavy atom. The van der Waals surface area contributed by atoms with E-state index in [0.717, 1.165) is 11.5 Å². The summed E-state index contributed by atoms with van der Waals surface area (Å²) in [6, 6.07) is 7.84. The van der Waals surface area contributed by atoms with Crippen LogP contribution in [0.5, 0.6) is 11.5 Å². The van der Waals surface area contributed by atoms with Crippen LogP contribution in [-0.2, 0) is 14.4 Å². The maximum Gasteiger partial charge on any atom is 0.352 e. The van der Waals surface area contributed by atoms with Gasteiger partial charge < -0.3 is 15.2 Å². The predicted octanol–water partition coefficient (Wildman–Crippen LogP) is 2.19. The van der Waals surface area contributed by atoms with Gasteiger partial charge in [0.2, 0.25) is 17.5 Å². The molecule has 4 rings (SSSR count). The second-order valence-corrected chi connectivity index (χ2v) is 8.59. The van der Waals surface area contributed by atoms with Gasteiger partial charge in [0.15, 0.2) is 11.5 Å². The lowest BCUT2D eigenvalue weighted by Gasteiger charge is -2.46. The number of aliphatic carboxylic acids is 1. The number of β-lactam (4-membered cyclic amide) rings is 1. The second kappa shape index (κ2) is 6.35. The van der Waals surface area contributed by atoms with E-state index in [-0.39, 0.29) is 11.3 Å². The molecule has 0 aromatic heterocycles. The topological polar surface area (TPSA) is 99.2 Å². The van der Waals surface area contributed by atoms with Crippen LogP contribution in [0.3, 0.4) is 0 Å². The number of rotatable bonds is 3. The van der Waals surface area contributed by atoms with Gasteiger partial charge in [-0.1, -0.05) is 34.7 Å². The number of nitrogens with zero attached hydrogens (tertiary/aromatic N) is 1. The summed E-state index contributed by atoms with van der Waals surface area (Å²) < 4.78 is 4.72. The zero-order valence-corrected chi connectivity index (χ0v) is 16.6. The zero-order valence-electron chi connectivity index (χ0n) is 13.6. The summed E-state index contributed by atoms with van der Waals surface area (Å²) in [5.41, 5.74) is -1.63. The Labute approximate surface area is 162 Å². The fourth-order valence-electron chi connectivity index (χ4n) is 3.09. The molecule has 2 fully saturated rings. The van der Waals surface area contributed by atoms with E-state index in [2.05, 4.69) is 27.9 Å². The van der Waals surface area contributed by atoms with E-state index < -0.39 is 22.3 Å². The third kappa shape index (κ3) is 2.86. The molecule has 9 heteroatoms. The highest BCUT2D eigenvalue weighted by molar-refractivity contribution is 14.1. The van der Waals surface area contributed by atoms with Crippen LogP contribution in [0.1, 0.15) is 20.3 Å². The molecule has 0 spiro atoms. The molecule has 0 bridgehead atoms. The molecule has 0 aliphatic carbocycles. The van der Waals surface area contributed by atoms with Crippen molar-refractivity contribution >= 4 is 52.1 Å². The Kier molecular flexibility index (Phi) is 4.65. The molecule has 25 heavy (non-hydrogen) atoms. The number of thioether (sulfide) groups is 1. The van der Waals surface area contributed by atoms with Gasteiger partial charge in [-0.15, -0.1) is 11.8 Å². The number of hydrogen-bond donors (Lipinski definition) is 2. The number of carboxylic acids is 1. The van der Waals surface area contributed by atoms with Gasteiger partial charge in [0.05, 0.1) is 16.5 Å². The summed E-state index contributed by atoms with van der Waals surface area (Å²) in [5, 5.41) is 11.9. The molecular weight excluding hydrogens is 459 g/mol. The van der Waals surface area contributed by atoms with E-state index in [1.807, 2.05) is 24.3 Å². The van der Waals surface area contributed by atoms with Crippen LogP contribution in [0.4, 0.5) is 0 Å². The van der Waals surface area contributed by atoms with Crippen LogP contribution in [-0.4, -0.2) is 48.0 Å². The van der Waals surface area contributed by atoms with Crippen LogP contribution in [0.2, 0.25) is 0 Å². The Morgan fingerprint density at radius 1 is 1.44 bits per heavy atom. The number of alkyl halides is 1. The predicted molar refractivity (Wildman–Crippen MR) is 101 cm³/mol. The van der Waals surface area contributed by atoms with Gasteiger partial charge in [0.25, 0.3) is 0 Å². The summed E-state index contributed by atoms with van der Waals surface area (Å²) in [4.78, 5) is 36.1. The number of fused-ring (bicyclic) bond motifs is 2. The van der Waals surface area contributed by atoms with E-state index in [4.69, 9.17) is 4.74 Å². The number of para-hydroxylation sites is 2. The van der Waals surface area contributed by atoms with Crippen molar-refractivity contribution in [2.45, 2.75) is 36.1 Å². The van der Waals surface area contributed by atoms with E-state index in [1.54, 1.807) is 6.92 Å². The average molecular weight is 476 g/mol. The number of carbonyl (C=O) groups excluding carboxylic acids is 2. The van der Waals surface area contributed by atoms with Gasteiger partial charge in [0, 0.05) is 11.4 Å². The van der Waals surface area contributed by atoms with Crippen molar-refractivity contribution < 1.29 is 24.2 Å². The monoisotopic (exact) mass is 476 g/mol. The molecule has 1 aromatic rings. The SMILES string of the molecule is CC(=O)NC1(C(=O)O)N2C(=O)C[C@H]2SC1(C)CI.c1ccc2c(c1)O2. The van der Waals surface area contributed by atoms with Crippen LogP contribution >= 0.6 is 34.4 Å². The first kappa shape index (κ1) is 18.3. The Hall–Kier alpha value is -1.49. The molecule has 3 heterocycles. The molecule has 0 saturated carbocycles. The van der Waals surface area contributed by atoms with Gasteiger partial charge in [-0.3, -0.25) is 14.5 Å². The Morgan fingerprint density at radius 2 is 2.04 bits per heavy atom. The third-order valence-corrected chi connectivity index (χ3v) is 8.03. The number of hydrogen-bond acceptors (Lipinski definition) is 5. The van der Waals surface area contributed by atoms with Crippen LogP contribution in [0, 0.1) is 0 Å². The molecule has 3 atom stereocenters. The van der Waals surface area contributed by atoms with Gasteiger partial charge in [-0.25, -0.2) is 4.79 Å². The standard InChI is InChI=1S/C10H13IN2O4S.C6H4O/c1-5(14)12-10(8(16)17)9(2,4-11)18-7-3-6(15)13(7)10;1-2-4-6-5(3-1)7-6/h7H,3-4H2,1-2H3,(H,12,14)(H,16,17);1-4H/t7-,9?,10?;/m1./s1. The van der Waals surface area contributed by atoms with Crippen LogP contribution < -0.4 is 10.1 Å². The number of carbonyl (C=O) groups is 3. The largest absolute Gasteiger partial charge is 0.478 e. The van der Waals surface area contributed by atoms with Crippen molar-refractivity contribution in [1.82, 2.24) is 10.2 Å². The maximum absolute atomic E-state index is 11.7. The highest BCUT2D eigenvalue weighted by atomic mass is 127. The highest BCUT2D eigenvalue weighted by Crippen LogP contribution is 2.56. The van der Waals surface area contributed by atoms with Crippen molar-refractivity contribution in [3.05, 3.63) is 24.3 Å². The second-order valence-electron chi connectivity index (χ2n) is 6.15. The Balaban J connectivity index is 0.000000213. The molecule has 2 N–H and O–H groups in total. The van der Waals surface area contributed by atoms with Crippen molar-refractivity contribution in [3.63, 3.8) is 0 Å². The molecule has 134 valence electrons. The minimum Gasteiger partial charge on any atom is -0.478 e. The maximum atomic E-state index is 11.7. The fourth-order valence-corrected chi connectivity index (χ4v) is 5.86. The summed E-state index contributed by atoms with van der Waals surface area (Å²) in [7, 11) is 0. The number of nitrogens with one attached hydrogen (secondary N) is 1. The van der Waals surface area contributed by atoms with Gasteiger partial charge in [-0.05, 0) is 19.1 Å². The van der Waals surface area contributed by atoms with E-state index in [0.29, 0.717) is 10.8 Å². The first-order valence-electron chi connectivity index (χ1n) is 7.60. The minimum atomic E-state index is -1.63.